The Morgan fingerprint density at radius 3 is 2.85 bits per heavy atom. The van der Waals surface area contributed by atoms with E-state index < -0.39 is 0 Å². The van der Waals surface area contributed by atoms with Crippen LogP contribution in [-0.2, 0) is 11.2 Å². The van der Waals surface area contributed by atoms with Crippen LogP contribution in [0.25, 0.3) is 0 Å². The average Bonchev–Trinajstić information content (AvgIpc) is 3.23. The van der Waals surface area contributed by atoms with Crippen LogP contribution >= 0.6 is 11.6 Å². The third kappa shape index (κ3) is 3.93. The Balaban J connectivity index is 2.17. The quantitative estimate of drug-likeness (QED) is 0.727. The SMILES string of the molecule is CCCc1cc(C(=O)N(CCOC)C2CC2)cc(Cl)n1. The van der Waals surface area contributed by atoms with Crippen LogP contribution in [0.1, 0.15) is 42.2 Å². The highest BCUT2D eigenvalue weighted by Gasteiger charge is 2.32. The van der Waals surface area contributed by atoms with Gasteiger partial charge < -0.3 is 9.64 Å². The van der Waals surface area contributed by atoms with E-state index in [9.17, 15) is 4.79 Å². The third-order valence-electron chi connectivity index (χ3n) is 3.39. The van der Waals surface area contributed by atoms with Gasteiger partial charge in [0.25, 0.3) is 5.91 Å². The molecule has 110 valence electrons. The zero-order chi connectivity index (χ0) is 14.5. The molecule has 20 heavy (non-hydrogen) atoms. The van der Waals surface area contributed by atoms with Gasteiger partial charge in [0, 0.05) is 31.0 Å². The lowest BCUT2D eigenvalue weighted by molar-refractivity contribution is 0.0680. The number of aromatic nitrogens is 1. The number of ether oxygens (including phenoxy) is 1. The van der Waals surface area contributed by atoms with Gasteiger partial charge in [-0.25, -0.2) is 4.98 Å². The number of carbonyl (C=O) groups is 1. The molecule has 0 N–H and O–H groups in total. The lowest BCUT2D eigenvalue weighted by atomic mass is 10.1. The molecule has 1 aromatic rings. The van der Waals surface area contributed by atoms with Crippen molar-refractivity contribution in [1.82, 2.24) is 9.88 Å². The van der Waals surface area contributed by atoms with E-state index in [1.807, 2.05) is 11.0 Å². The van der Waals surface area contributed by atoms with Crippen molar-refractivity contribution in [3.8, 4) is 0 Å². The largest absolute Gasteiger partial charge is 0.383 e. The van der Waals surface area contributed by atoms with Crippen molar-refractivity contribution < 1.29 is 9.53 Å². The van der Waals surface area contributed by atoms with E-state index in [2.05, 4.69) is 11.9 Å². The number of nitrogens with zero attached hydrogens (tertiary/aromatic N) is 2. The van der Waals surface area contributed by atoms with Gasteiger partial charge in [-0.2, -0.15) is 0 Å². The van der Waals surface area contributed by atoms with E-state index in [-0.39, 0.29) is 5.91 Å². The van der Waals surface area contributed by atoms with Crippen LogP contribution in [0.15, 0.2) is 12.1 Å². The number of rotatable bonds is 7. The van der Waals surface area contributed by atoms with Crippen molar-refractivity contribution in [1.29, 1.82) is 0 Å². The number of carbonyl (C=O) groups excluding carboxylic acids is 1. The van der Waals surface area contributed by atoms with Crippen molar-refractivity contribution in [3.05, 3.63) is 28.5 Å². The molecule has 0 atom stereocenters. The highest BCUT2D eigenvalue weighted by molar-refractivity contribution is 6.29. The summed E-state index contributed by atoms with van der Waals surface area (Å²) in [6, 6.07) is 3.88. The Hall–Kier alpha value is -1.13. The van der Waals surface area contributed by atoms with Gasteiger partial charge in [0.1, 0.15) is 5.15 Å². The number of aryl methyl sites for hydroxylation is 1. The van der Waals surface area contributed by atoms with E-state index in [1.54, 1.807) is 13.2 Å². The first-order chi connectivity index (χ1) is 9.65. The van der Waals surface area contributed by atoms with E-state index >= 15 is 0 Å². The minimum absolute atomic E-state index is 0.0335. The zero-order valence-corrected chi connectivity index (χ0v) is 12.8. The van der Waals surface area contributed by atoms with E-state index in [1.165, 1.54) is 0 Å². The molecule has 0 aliphatic heterocycles. The fourth-order valence-electron chi connectivity index (χ4n) is 2.25. The number of methoxy groups -OCH3 is 1. The van der Waals surface area contributed by atoms with Crippen molar-refractivity contribution in [2.24, 2.45) is 0 Å². The van der Waals surface area contributed by atoms with E-state index in [4.69, 9.17) is 16.3 Å². The van der Waals surface area contributed by atoms with Gasteiger partial charge in [0.15, 0.2) is 0 Å². The standard InChI is InChI=1S/C15H21ClN2O2/c1-3-4-12-9-11(10-14(16)17-12)15(19)18(7-8-20-2)13-5-6-13/h9-10,13H,3-8H2,1-2H3. The van der Waals surface area contributed by atoms with Gasteiger partial charge >= 0.3 is 0 Å². The van der Waals surface area contributed by atoms with Crippen molar-refractivity contribution in [2.75, 3.05) is 20.3 Å². The molecular formula is C15H21ClN2O2. The molecule has 1 aliphatic rings. The maximum absolute atomic E-state index is 12.6. The molecule has 0 unspecified atom stereocenters. The van der Waals surface area contributed by atoms with Gasteiger partial charge in [-0.05, 0) is 31.4 Å². The van der Waals surface area contributed by atoms with Crippen LogP contribution in [0, 0.1) is 0 Å². The molecule has 1 fully saturated rings. The molecule has 4 nitrogen and oxygen atoms in total. The summed E-state index contributed by atoms with van der Waals surface area (Å²) >= 11 is 6.03. The predicted molar refractivity (Wildman–Crippen MR) is 79.2 cm³/mol. The Morgan fingerprint density at radius 2 is 2.25 bits per heavy atom. The number of pyridine rings is 1. The van der Waals surface area contributed by atoms with Gasteiger partial charge in [-0.1, -0.05) is 24.9 Å². The molecule has 1 heterocycles. The van der Waals surface area contributed by atoms with Crippen LogP contribution in [-0.4, -0.2) is 42.1 Å². The van der Waals surface area contributed by atoms with Gasteiger partial charge in [-0.3, -0.25) is 4.79 Å². The lowest BCUT2D eigenvalue weighted by Gasteiger charge is -2.22. The fraction of sp³-hybridized carbons (Fsp3) is 0.600. The van der Waals surface area contributed by atoms with Gasteiger partial charge in [0.2, 0.25) is 0 Å². The predicted octanol–water partition coefficient (Wildman–Crippen LogP) is 2.94. The second-order valence-electron chi connectivity index (χ2n) is 5.14. The maximum Gasteiger partial charge on any atom is 0.254 e. The molecule has 0 saturated heterocycles. The van der Waals surface area contributed by atoms with Crippen LogP contribution in [0.4, 0.5) is 0 Å². The summed E-state index contributed by atoms with van der Waals surface area (Å²) in [5.74, 6) is 0.0335. The first-order valence-corrected chi connectivity index (χ1v) is 7.50. The molecule has 1 aliphatic carbocycles. The van der Waals surface area contributed by atoms with Gasteiger partial charge in [-0.15, -0.1) is 0 Å². The highest BCUT2D eigenvalue weighted by atomic mass is 35.5. The molecule has 0 aromatic carbocycles. The van der Waals surface area contributed by atoms with Crippen molar-refractivity contribution in [2.45, 2.75) is 38.6 Å². The number of hydrogen-bond donors (Lipinski definition) is 0. The highest BCUT2D eigenvalue weighted by Crippen LogP contribution is 2.28. The summed E-state index contributed by atoms with van der Waals surface area (Å²) < 4.78 is 5.09. The van der Waals surface area contributed by atoms with Crippen LogP contribution in [0.3, 0.4) is 0 Å². The fourth-order valence-corrected chi connectivity index (χ4v) is 2.48. The minimum Gasteiger partial charge on any atom is -0.383 e. The average molecular weight is 297 g/mol. The van der Waals surface area contributed by atoms with Crippen molar-refractivity contribution >= 4 is 17.5 Å². The topological polar surface area (TPSA) is 42.4 Å². The maximum atomic E-state index is 12.6. The van der Waals surface area contributed by atoms with E-state index in [0.29, 0.717) is 29.9 Å². The second-order valence-corrected chi connectivity index (χ2v) is 5.53. The zero-order valence-electron chi connectivity index (χ0n) is 12.1. The Kier molecular flexibility index (Phi) is 5.38. The summed E-state index contributed by atoms with van der Waals surface area (Å²) in [7, 11) is 1.65. The van der Waals surface area contributed by atoms with Crippen molar-refractivity contribution in [3.63, 3.8) is 0 Å². The summed E-state index contributed by atoms with van der Waals surface area (Å²) in [6.07, 6.45) is 3.98. The molecule has 0 spiro atoms. The third-order valence-corrected chi connectivity index (χ3v) is 3.58. The number of amides is 1. The molecule has 1 amide bonds. The first-order valence-electron chi connectivity index (χ1n) is 7.12. The molecule has 1 saturated carbocycles. The molecular weight excluding hydrogens is 276 g/mol. The van der Waals surface area contributed by atoms with E-state index in [0.717, 1.165) is 31.4 Å². The smallest absolute Gasteiger partial charge is 0.254 e. The summed E-state index contributed by atoms with van der Waals surface area (Å²) in [5.41, 5.74) is 1.52. The summed E-state index contributed by atoms with van der Waals surface area (Å²) in [5, 5.41) is 0.391. The Morgan fingerprint density at radius 1 is 1.50 bits per heavy atom. The minimum atomic E-state index is 0.0335. The molecule has 2 rings (SSSR count). The van der Waals surface area contributed by atoms with Gasteiger partial charge in [0.05, 0.1) is 6.61 Å². The lowest BCUT2D eigenvalue weighted by Crippen LogP contribution is -2.35. The molecule has 0 radical (unpaired) electrons. The molecule has 0 bridgehead atoms. The molecule has 5 heteroatoms. The first kappa shape index (κ1) is 15.3. The monoisotopic (exact) mass is 296 g/mol. The molecule has 1 aromatic heterocycles. The second kappa shape index (κ2) is 7.04. The Bertz CT molecular complexity index is 475. The normalized spacial score (nSPS) is 14.3. The van der Waals surface area contributed by atoms with Crippen LogP contribution < -0.4 is 0 Å². The van der Waals surface area contributed by atoms with Crippen LogP contribution in [0.5, 0.6) is 0 Å². The summed E-state index contributed by atoms with van der Waals surface area (Å²) in [4.78, 5) is 18.8. The number of hydrogen-bond acceptors (Lipinski definition) is 3. The number of halogens is 1. The van der Waals surface area contributed by atoms with Crippen LogP contribution in [0.2, 0.25) is 5.15 Å². The summed E-state index contributed by atoms with van der Waals surface area (Å²) in [6.45, 7) is 3.27. The Labute approximate surface area is 125 Å².